The third-order valence-electron chi connectivity index (χ3n) is 7.32. The fourth-order valence-electron chi connectivity index (χ4n) is 6.14. The number of methoxy groups -OCH3 is 1. The molecule has 7 nitrogen and oxygen atoms in total. The van der Waals surface area contributed by atoms with E-state index in [-0.39, 0.29) is 24.0 Å². The normalized spacial score (nSPS) is 35.0. The molecule has 2 fully saturated rings. The molecule has 11 heteroatoms. The van der Waals surface area contributed by atoms with Gasteiger partial charge in [-0.25, -0.2) is 0 Å². The minimum Gasteiger partial charge on any atom is -0.477 e. The first-order valence-corrected chi connectivity index (χ1v) is 11.0. The van der Waals surface area contributed by atoms with Gasteiger partial charge in [-0.2, -0.15) is 21.6 Å². The Kier molecular flexibility index (Phi) is 3.94. The van der Waals surface area contributed by atoms with Crippen molar-refractivity contribution in [2.24, 2.45) is 0 Å². The van der Waals surface area contributed by atoms with Gasteiger partial charge < -0.3 is 18.6 Å². The number of hydrogen-bond acceptors (Lipinski definition) is 7. The Morgan fingerprint density at radius 2 is 2.00 bits per heavy atom. The number of carbonyl (C=O) groups excluding carboxylic acids is 1. The number of likely N-dealkylation sites (N-methyl/N-ethyl adjacent to an activating group) is 1. The number of benzene rings is 1. The Labute approximate surface area is 171 Å². The van der Waals surface area contributed by atoms with E-state index in [4.69, 9.17) is 9.47 Å². The van der Waals surface area contributed by atoms with E-state index in [1.807, 2.05) is 7.05 Å². The van der Waals surface area contributed by atoms with E-state index in [2.05, 4.69) is 9.08 Å². The summed E-state index contributed by atoms with van der Waals surface area (Å²) in [6.45, 7) is 0.647. The lowest BCUT2D eigenvalue weighted by Crippen LogP contribution is -2.76. The second kappa shape index (κ2) is 5.89. The number of halogens is 3. The number of ether oxygens (including phenoxy) is 2. The Bertz CT molecular complexity index is 1060. The molecule has 2 aliphatic heterocycles. The van der Waals surface area contributed by atoms with E-state index in [1.165, 1.54) is 6.07 Å². The number of likely N-dealkylation sites (tertiary alicyclic amines) is 1. The third-order valence-corrected chi connectivity index (χ3v) is 8.28. The molecule has 1 aromatic rings. The molecular weight excluding hydrogens is 427 g/mol. The van der Waals surface area contributed by atoms with Crippen molar-refractivity contribution in [3.05, 3.63) is 23.3 Å². The van der Waals surface area contributed by atoms with Crippen molar-refractivity contribution in [1.29, 1.82) is 0 Å². The van der Waals surface area contributed by atoms with E-state index in [0.717, 1.165) is 5.56 Å². The summed E-state index contributed by atoms with van der Waals surface area (Å²) < 4.78 is 78.5. The molecule has 164 valence electrons. The van der Waals surface area contributed by atoms with Gasteiger partial charge in [-0.1, -0.05) is 6.07 Å². The molecule has 2 bridgehead atoms. The lowest BCUT2D eigenvalue weighted by molar-refractivity contribution is -0.198. The predicted molar refractivity (Wildman–Crippen MR) is 96.9 cm³/mol. The van der Waals surface area contributed by atoms with Crippen LogP contribution in [0.4, 0.5) is 13.2 Å². The molecule has 2 heterocycles. The van der Waals surface area contributed by atoms with Crippen LogP contribution in [0, 0.1) is 0 Å². The largest absolute Gasteiger partial charge is 0.534 e. The Balaban J connectivity index is 1.75. The summed E-state index contributed by atoms with van der Waals surface area (Å²) in [6, 6.07) is 2.70. The molecule has 0 aromatic heterocycles. The number of nitrogens with zero attached hydrogens (tertiary/aromatic N) is 1. The first kappa shape index (κ1) is 20.1. The molecule has 0 N–H and O–H groups in total. The quantitative estimate of drug-likeness (QED) is 0.517. The van der Waals surface area contributed by atoms with Gasteiger partial charge in [-0.05, 0) is 44.5 Å². The molecule has 4 aliphatic rings. The van der Waals surface area contributed by atoms with Crippen LogP contribution in [0.2, 0.25) is 0 Å². The first-order valence-electron chi connectivity index (χ1n) is 9.60. The SMILES string of the molecule is CO[C@@]12CCC(=O)[C@@H]3Oc4c(OS(=O)(=O)C(F)(F)F)ccc5c4[C@@]31CCN(C)[C@@H]2C5. The highest BCUT2D eigenvalue weighted by Crippen LogP contribution is 2.65. The zero-order chi connectivity index (χ0) is 21.7. The molecule has 1 spiro atoms. The van der Waals surface area contributed by atoms with Crippen LogP contribution in [-0.2, 0) is 31.5 Å². The standard InChI is InChI=1S/C19H20F3NO6S/c1-23-8-7-17-14-10-3-4-12(29-30(25,26)19(20,21)22)15(14)28-16(17)11(24)5-6-18(17,27-2)13(23)9-10/h3-4,13,16H,5-9H2,1-2H3/t13-,16+,17+,18-/m1/s1. The second-order valence-corrected chi connectivity index (χ2v) is 9.93. The van der Waals surface area contributed by atoms with Crippen molar-refractivity contribution in [2.45, 2.75) is 54.4 Å². The molecule has 1 saturated heterocycles. The fourth-order valence-corrected chi connectivity index (χ4v) is 6.61. The van der Waals surface area contributed by atoms with Crippen molar-refractivity contribution in [2.75, 3.05) is 20.7 Å². The molecular formula is C19H20F3NO6S. The van der Waals surface area contributed by atoms with E-state index >= 15 is 0 Å². The van der Waals surface area contributed by atoms with Crippen LogP contribution in [0.5, 0.6) is 11.5 Å². The van der Waals surface area contributed by atoms with Gasteiger partial charge in [0.15, 0.2) is 23.4 Å². The molecule has 1 saturated carbocycles. The van der Waals surface area contributed by atoms with Crippen LogP contribution in [-0.4, -0.2) is 63.1 Å². The monoisotopic (exact) mass is 447 g/mol. The summed E-state index contributed by atoms with van der Waals surface area (Å²) in [6.07, 6.45) is 0.771. The topological polar surface area (TPSA) is 82.1 Å². The number of piperidine rings is 1. The zero-order valence-electron chi connectivity index (χ0n) is 16.3. The van der Waals surface area contributed by atoms with Gasteiger partial charge in [-0.3, -0.25) is 4.79 Å². The summed E-state index contributed by atoms with van der Waals surface area (Å²) in [5.74, 6) is -0.810. The molecule has 2 aliphatic carbocycles. The fraction of sp³-hybridized carbons (Fsp3) is 0.632. The Morgan fingerprint density at radius 3 is 2.67 bits per heavy atom. The van der Waals surface area contributed by atoms with Gasteiger partial charge >= 0.3 is 15.6 Å². The van der Waals surface area contributed by atoms with Crippen LogP contribution >= 0.6 is 0 Å². The van der Waals surface area contributed by atoms with Crippen LogP contribution in [0.15, 0.2) is 12.1 Å². The van der Waals surface area contributed by atoms with Gasteiger partial charge in [-0.15, -0.1) is 0 Å². The van der Waals surface area contributed by atoms with Crippen molar-refractivity contribution >= 4 is 15.9 Å². The van der Waals surface area contributed by atoms with Crippen LogP contribution in [0.25, 0.3) is 0 Å². The highest BCUT2D eigenvalue weighted by molar-refractivity contribution is 7.88. The summed E-state index contributed by atoms with van der Waals surface area (Å²) in [7, 11) is -2.32. The predicted octanol–water partition coefficient (Wildman–Crippen LogP) is 1.92. The lowest BCUT2D eigenvalue weighted by atomic mass is 9.49. The molecule has 0 radical (unpaired) electrons. The molecule has 0 unspecified atom stereocenters. The van der Waals surface area contributed by atoms with Gasteiger partial charge in [0.05, 0.1) is 11.0 Å². The number of alkyl halides is 3. The maximum atomic E-state index is 12.9. The Morgan fingerprint density at radius 1 is 1.27 bits per heavy atom. The minimum atomic E-state index is -5.88. The average Bonchev–Trinajstić information content (AvgIpc) is 3.03. The lowest BCUT2D eigenvalue weighted by Gasteiger charge is -2.63. The Hall–Kier alpha value is -1.85. The van der Waals surface area contributed by atoms with Crippen molar-refractivity contribution in [1.82, 2.24) is 4.90 Å². The maximum Gasteiger partial charge on any atom is 0.534 e. The average molecular weight is 447 g/mol. The third kappa shape index (κ3) is 2.18. The summed E-state index contributed by atoms with van der Waals surface area (Å²) >= 11 is 0. The van der Waals surface area contributed by atoms with E-state index in [1.54, 1.807) is 13.2 Å². The molecule has 0 amide bonds. The highest BCUT2D eigenvalue weighted by Gasteiger charge is 2.73. The molecule has 4 atom stereocenters. The van der Waals surface area contributed by atoms with Crippen LogP contribution in [0.1, 0.15) is 30.4 Å². The number of Topliss-reactive ketones (excluding diaryl/α,β-unsaturated/α-hetero) is 1. The molecule has 30 heavy (non-hydrogen) atoms. The van der Waals surface area contributed by atoms with E-state index < -0.39 is 38.5 Å². The molecule has 1 aromatic carbocycles. The van der Waals surface area contributed by atoms with Crippen molar-refractivity contribution < 1.29 is 40.0 Å². The number of carbonyl (C=O) groups is 1. The summed E-state index contributed by atoms with van der Waals surface area (Å²) in [5, 5.41) is 0. The van der Waals surface area contributed by atoms with Gasteiger partial charge in [0.2, 0.25) is 0 Å². The van der Waals surface area contributed by atoms with E-state index in [9.17, 15) is 26.4 Å². The minimum absolute atomic E-state index is 0.0421. The summed E-state index contributed by atoms with van der Waals surface area (Å²) in [4.78, 5) is 15.1. The van der Waals surface area contributed by atoms with Crippen molar-refractivity contribution in [3.8, 4) is 11.5 Å². The smallest absolute Gasteiger partial charge is 0.477 e. The zero-order valence-corrected chi connectivity index (χ0v) is 17.1. The number of ketones is 1. The van der Waals surface area contributed by atoms with Gasteiger partial charge in [0.1, 0.15) is 0 Å². The van der Waals surface area contributed by atoms with Crippen molar-refractivity contribution in [3.63, 3.8) is 0 Å². The van der Waals surface area contributed by atoms with Gasteiger partial charge in [0, 0.05) is 25.1 Å². The second-order valence-electron chi connectivity index (χ2n) is 8.39. The van der Waals surface area contributed by atoms with Crippen LogP contribution < -0.4 is 8.92 Å². The van der Waals surface area contributed by atoms with Gasteiger partial charge in [0.25, 0.3) is 0 Å². The number of hydrogen-bond donors (Lipinski definition) is 0. The highest BCUT2D eigenvalue weighted by atomic mass is 32.2. The maximum absolute atomic E-state index is 12.9. The first-order chi connectivity index (χ1) is 14.0. The molecule has 5 rings (SSSR count). The summed E-state index contributed by atoms with van der Waals surface area (Å²) in [5.41, 5.74) is -5.87. The number of rotatable bonds is 3. The van der Waals surface area contributed by atoms with E-state index in [0.29, 0.717) is 31.4 Å². The van der Waals surface area contributed by atoms with Crippen LogP contribution in [0.3, 0.4) is 0 Å².